The van der Waals surface area contributed by atoms with E-state index in [1.165, 1.54) is 6.20 Å². The van der Waals surface area contributed by atoms with E-state index in [0.29, 0.717) is 17.8 Å². The maximum Gasteiger partial charge on any atom is 0.411 e. The van der Waals surface area contributed by atoms with Crippen molar-refractivity contribution >= 4 is 33.1 Å². The van der Waals surface area contributed by atoms with Crippen LogP contribution >= 0.6 is 0 Å². The lowest BCUT2D eigenvalue weighted by atomic mass is 9.98. The van der Waals surface area contributed by atoms with Crippen LogP contribution in [0, 0.1) is 0 Å². The summed E-state index contributed by atoms with van der Waals surface area (Å²) in [5, 5.41) is 7.16. The quantitative estimate of drug-likeness (QED) is 0.740. The number of nitrogens with one attached hydrogen (secondary N) is 1. The van der Waals surface area contributed by atoms with E-state index in [1.807, 2.05) is 26.8 Å². The summed E-state index contributed by atoms with van der Waals surface area (Å²) >= 11 is 0. The zero-order chi connectivity index (χ0) is 23.3. The second-order valence-corrected chi connectivity index (χ2v) is 11.3. The molecule has 1 saturated heterocycles. The number of fused-ring (bicyclic) bond motifs is 2. The third kappa shape index (κ3) is 4.62. The van der Waals surface area contributed by atoms with E-state index in [9.17, 15) is 13.2 Å². The molecule has 0 aromatic carbocycles. The topological polar surface area (TPSA) is 119 Å². The zero-order valence-electron chi connectivity index (χ0n) is 18.9. The third-order valence-electron chi connectivity index (χ3n) is 5.42. The first-order chi connectivity index (χ1) is 14.9. The van der Waals surface area contributed by atoms with Crippen molar-refractivity contribution in [2.24, 2.45) is 7.05 Å². The fourth-order valence-corrected chi connectivity index (χ4v) is 4.92. The third-order valence-corrected chi connectivity index (χ3v) is 6.52. The van der Waals surface area contributed by atoms with Crippen LogP contribution in [0.25, 0.3) is 5.57 Å². The molecule has 2 aromatic rings. The van der Waals surface area contributed by atoms with Crippen LogP contribution in [-0.4, -0.2) is 63.1 Å². The Labute approximate surface area is 187 Å². The van der Waals surface area contributed by atoms with Crippen LogP contribution in [0.3, 0.4) is 0 Å². The summed E-state index contributed by atoms with van der Waals surface area (Å²) in [5.74, 6) is 0.281. The van der Waals surface area contributed by atoms with Crippen molar-refractivity contribution in [3.63, 3.8) is 0 Å². The number of anilines is 2. The molecule has 4 rings (SSSR count). The first-order valence-corrected chi connectivity index (χ1v) is 12.3. The highest BCUT2D eigenvalue weighted by Crippen LogP contribution is 2.40. The molecule has 2 aliphatic rings. The lowest BCUT2D eigenvalue weighted by Gasteiger charge is -2.35. The van der Waals surface area contributed by atoms with Crippen LogP contribution in [-0.2, 0) is 21.6 Å². The molecule has 2 aromatic heterocycles. The molecule has 1 fully saturated rings. The molecule has 0 radical (unpaired) electrons. The summed E-state index contributed by atoms with van der Waals surface area (Å²) in [7, 11) is -1.76. The molecule has 0 aliphatic carbocycles. The normalized spacial score (nSPS) is 20.8. The lowest BCUT2D eigenvalue weighted by molar-refractivity contribution is 0.0175. The zero-order valence-corrected chi connectivity index (χ0v) is 19.7. The van der Waals surface area contributed by atoms with Gasteiger partial charge in [-0.3, -0.25) is 9.58 Å². The minimum Gasteiger partial charge on any atom is -0.444 e. The van der Waals surface area contributed by atoms with Crippen molar-refractivity contribution in [3.8, 4) is 0 Å². The van der Waals surface area contributed by atoms with Gasteiger partial charge >= 0.3 is 6.09 Å². The number of hydrogen-bond donors (Lipinski definition) is 1. The van der Waals surface area contributed by atoms with Crippen molar-refractivity contribution in [1.29, 1.82) is 0 Å². The van der Waals surface area contributed by atoms with Crippen molar-refractivity contribution in [2.75, 3.05) is 11.6 Å². The monoisotopic (exact) mass is 460 g/mol. The molecule has 0 saturated carbocycles. The van der Waals surface area contributed by atoms with Gasteiger partial charge in [0, 0.05) is 25.5 Å². The van der Waals surface area contributed by atoms with Gasteiger partial charge in [0.15, 0.2) is 9.84 Å². The molecule has 0 spiro atoms. The average molecular weight is 461 g/mol. The van der Waals surface area contributed by atoms with Crippen molar-refractivity contribution in [3.05, 3.63) is 30.4 Å². The number of sulfone groups is 1. The molecule has 10 nitrogen and oxygen atoms in total. The van der Waals surface area contributed by atoms with Gasteiger partial charge in [0.05, 0.1) is 29.8 Å². The molecule has 1 N–H and O–H groups in total. The number of amides is 1. The summed E-state index contributed by atoms with van der Waals surface area (Å²) in [5.41, 5.74) is 1.28. The van der Waals surface area contributed by atoms with Gasteiger partial charge in [0.25, 0.3) is 0 Å². The Morgan fingerprint density at radius 1 is 1.25 bits per heavy atom. The van der Waals surface area contributed by atoms with Gasteiger partial charge < -0.3 is 10.1 Å². The van der Waals surface area contributed by atoms with Crippen LogP contribution in [0.2, 0.25) is 0 Å². The molecule has 2 atom stereocenters. The van der Waals surface area contributed by atoms with Gasteiger partial charge in [0.1, 0.15) is 10.5 Å². The van der Waals surface area contributed by atoms with Gasteiger partial charge in [-0.1, -0.05) is 6.08 Å². The Morgan fingerprint density at radius 2 is 2.00 bits per heavy atom. The van der Waals surface area contributed by atoms with Gasteiger partial charge in [0.2, 0.25) is 5.95 Å². The molecular formula is C21H28N6O4S. The van der Waals surface area contributed by atoms with Crippen molar-refractivity contribution in [1.82, 2.24) is 24.6 Å². The average Bonchev–Trinajstić information content (AvgIpc) is 3.19. The van der Waals surface area contributed by atoms with Crippen LogP contribution in [0.5, 0.6) is 0 Å². The fraction of sp³-hybridized carbons (Fsp3) is 0.524. The Morgan fingerprint density at radius 3 is 2.59 bits per heavy atom. The molecule has 4 heterocycles. The van der Waals surface area contributed by atoms with Crippen LogP contribution in [0.4, 0.5) is 16.4 Å². The molecule has 11 heteroatoms. The number of carbonyl (C=O) groups is 1. The number of rotatable bonds is 4. The second kappa shape index (κ2) is 7.88. The summed E-state index contributed by atoms with van der Waals surface area (Å²) in [6.45, 7) is 5.52. The van der Waals surface area contributed by atoms with E-state index in [2.05, 4.69) is 20.4 Å². The standard InChI is InChI=1S/C21H28N6O4S/c1-21(2,3)31-20(28)27-15-6-7-16(27)9-13(8-15)18-17(32(5,29)30)11-22-19(25-18)24-14-10-23-26(4)12-14/h8,10-12,15-16H,6-7,9H2,1-5H3,(H,22,24,25). The first kappa shape index (κ1) is 22.3. The van der Waals surface area contributed by atoms with Crippen LogP contribution in [0.15, 0.2) is 29.6 Å². The van der Waals surface area contributed by atoms with E-state index in [4.69, 9.17) is 4.74 Å². The van der Waals surface area contributed by atoms with Crippen LogP contribution < -0.4 is 5.32 Å². The smallest absolute Gasteiger partial charge is 0.411 e. The minimum atomic E-state index is -3.55. The minimum absolute atomic E-state index is 0.0630. The number of hydrogen-bond acceptors (Lipinski definition) is 8. The predicted molar refractivity (Wildman–Crippen MR) is 119 cm³/mol. The highest BCUT2D eigenvalue weighted by molar-refractivity contribution is 7.90. The van der Waals surface area contributed by atoms with E-state index in [-0.39, 0.29) is 29.0 Å². The van der Waals surface area contributed by atoms with Gasteiger partial charge in [-0.25, -0.2) is 23.2 Å². The van der Waals surface area contributed by atoms with Gasteiger partial charge in [-0.15, -0.1) is 0 Å². The second-order valence-electron chi connectivity index (χ2n) is 9.29. The highest BCUT2D eigenvalue weighted by atomic mass is 32.2. The largest absolute Gasteiger partial charge is 0.444 e. The first-order valence-electron chi connectivity index (χ1n) is 10.5. The van der Waals surface area contributed by atoms with E-state index >= 15 is 0 Å². The molecule has 2 bridgehead atoms. The van der Waals surface area contributed by atoms with Gasteiger partial charge in [-0.05, 0) is 45.6 Å². The molecule has 2 unspecified atom stereocenters. The Hall–Kier alpha value is -2.95. The predicted octanol–water partition coefficient (Wildman–Crippen LogP) is 2.91. The van der Waals surface area contributed by atoms with E-state index < -0.39 is 15.4 Å². The molecule has 2 aliphatic heterocycles. The number of nitrogens with zero attached hydrogens (tertiary/aromatic N) is 5. The number of carbonyl (C=O) groups excluding carboxylic acids is 1. The molecule has 32 heavy (non-hydrogen) atoms. The maximum atomic E-state index is 12.7. The Kier molecular flexibility index (Phi) is 5.48. The Balaban J connectivity index is 1.68. The Bertz CT molecular complexity index is 1180. The summed E-state index contributed by atoms with van der Waals surface area (Å²) < 4.78 is 32.1. The molecule has 172 valence electrons. The molecule has 1 amide bonds. The summed E-state index contributed by atoms with van der Waals surface area (Å²) in [4.78, 5) is 23.3. The van der Waals surface area contributed by atoms with Gasteiger partial charge in [-0.2, -0.15) is 5.10 Å². The van der Waals surface area contributed by atoms with E-state index in [1.54, 1.807) is 29.0 Å². The molecular weight excluding hydrogens is 432 g/mol. The number of aromatic nitrogens is 4. The summed E-state index contributed by atoms with van der Waals surface area (Å²) in [6, 6.07) is -0.220. The SMILES string of the molecule is Cn1cc(Nc2ncc(S(C)(=O)=O)c(C3=CC4CCC(C3)N4C(=O)OC(C)(C)C)n2)cn1. The number of aryl methyl sites for hydroxylation is 1. The number of ether oxygens (including phenoxy) is 1. The maximum absolute atomic E-state index is 12.7. The van der Waals surface area contributed by atoms with E-state index in [0.717, 1.165) is 24.7 Å². The fourth-order valence-electron chi connectivity index (χ4n) is 4.15. The van der Waals surface area contributed by atoms with Crippen molar-refractivity contribution in [2.45, 2.75) is 62.6 Å². The van der Waals surface area contributed by atoms with Crippen LogP contribution in [0.1, 0.15) is 45.7 Å². The lowest BCUT2D eigenvalue weighted by Crippen LogP contribution is -2.45. The highest BCUT2D eigenvalue weighted by Gasteiger charge is 2.42. The van der Waals surface area contributed by atoms with Crippen molar-refractivity contribution < 1.29 is 17.9 Å². The summed E-state index contributed by atoms with van der Waals surface area (Å²) in [6.07, 6.45) is 9.61.